The number of fused-ring (bicyclic) bond motifs is 1. The maximum atomic E-state index is 6.00. The highest BCUT2D eigenvalue weighted by molar-refractivity contribution is 5.52. The van der Waals surface area contributed by atoms with Gasteiger partial charge in [-0.25, -0.2) is 0 Å². The van der Waals surface area contributed by atoms with Crippen LogP contribution in [-0.2, 0) is 19.5 Å². The largest absolute Gasteiger partial charge is 0.398 e. The highest BCUT2D eigenvalue weighted by Crippen LogP contribution is 2.27. The van der Waals surface area contributed by atoms with Crippen LogP contribution < -0.4 is 5.73 Å². The third-order valence-corrected chi connectivity index (χ3v) is 3.50. The third kappa shape index (κ3) is 2.22. The molecule has 2 heterocycles. The molecule has 2 N–H and O–H groups in total. The van der Waals surface area contributed by atoms with Crippen molar-refractivity contribution in [3.63, 3.8) is 0 Å². The molecular formula is C15H17N3. The van der Waals surface area contributed by atoms with Crippen LogP contribution in [0.1, 0.15) is 16.8 Å². The molecule has 0 amide bonds. The average molecular weight is 239 g/mol. The molecule has 0 saturated carbocycles. The van der Waals surface area contributed by atoms with Crippen LogP contribution >= 0.6 is 0 Å². The van der Waals surface area contributed by atoms with E-state index in [1.165, 1.54) is 11.1 Å². The number of aromatic nitrogens is 1. The summed E-state index contributed by atoms with van der Waals surface area (Å²) >= 11 is 0. The first-order chi connectivity index (χ1) is 8.83. The Morgan fingerprint density at radius 1 is 1.11 bits per heavy atom. The van der Waals surface area contributed by atoms with E-state index in [1.807, 2.05) is 30.5 Å². The fraction of sp³-hybridized carbons (Fsp3) is 0.267. The summed E-state index contributed by atoms with van der Waals surface area (Å²) in [7, 11) is 0. The molecular weight excluding hydrogens is 222 g/mol. The fourth-order valence-electron chi connectivity index (χ4n) is 2.49. The Bertz CT molecular complexity index is 537. The molecule has 92 valence electrons. The minimum absolute atomic E-state index is 0.924. The first kappa shape index (κ1) is 11.2. The molecule has 1 aliphatic heterocycles. The Kier molecular flexibility index (Phi) is 2.99. The number of pyridine rings is 1. The van der Waals surface area contributed by atoms with Crippen molar-refractivity contribution in [2.24, 2.45) is 0 Å². The number of hydrogen-bond donors (Lipinski definition) is 1. The van der Waals surface area contributed by atoms with Gasteiger partial charge in [0.1, 0.15) is 0 Å². The van der Waals surface area contributed by atoms with Crippen LogP contribution in [0.25, 0.3) is 0 Å². The maximum absolute atomic E-state index is 6.00. The van der Waals surface area contributed by atoms with Gasteiger partial charge < -0.3 is 5.73 Å². The Morgan fingerprint density at radius 3 is 2.83 bits per heavy atom. The Hall–Kier alpha value is -1.87. The molecule has 0 unspecified atom stereocenters. The van der Waals surface area contributed by atoms with Crippen LogP contribution in [0, 0.1) is 0 Å². The quantitative estimate of drug-likeness (QED) is 0.835. The van der Waals surface area contributed by atoms with E-state index in [-0.39, 0.29) is 0 Å². The normalized spacial score (nSPS) is 14.7. The molecule has 0 bridgehead atoms. The number of nitrogens with two attached hydrogens (primary N) is 1. The van der Waals surface area contributed by atoms with Gasteiger partial charge >= 0.3 is 0 Å². The molecule has 1 aliphatic rings. The lowest BCUT2D eigenvalue weighted by Gasteiger charge is -2.14. The first-order valence-electron chi connectivity index (χ1n) is 6.31. The van der Waals surface area contributed by atoms with Crippen LogP contribution in [0.2, 0.25) is 0 Å². The monoisotopic (exact) mass is 239 g/mol. The van der Waals surface area contributed by atoms with Gasteiger partial charge in [0, 0.05) is 43.6 Å². The summed E-state index contributed by atoms with van der Waals surface area (Å²) in [6.07, 6.45) is 2.85. The lowest BCUT2D eigenvalue weighted by atomic mass is 10.1. The lowest BCUT2D eigenvalue weighted by molar-refractivity contribution is 0.287. The van der Waals surface area contributed by atoms with E-state index in [2.05, 4.69) is 22.0 Å². The molecule has 0 spiro atoms. The number of rotatable bonds is 3. The number of nitrogen functional groups attached to an aromatic ring is 1. The van der Waals surface area contributed by atoms with Crippen molar-refractivity contribution in [1.82, 2.24) is 9.88 Å². The summed E-state index contributed by atoms with van der Waals surface area (Å²) in [5.74, 6) is 0. The predicted molar refractivity (Wildman–Crippen MR) is 72.9 cm³/mol. The summed E-state index contributed by atoms with van der Waals surface area (Å²) < 4.78 is 0. The zero-order valence-corrected chi connectivity index (χ0v) is 10.3. The van der Waals surface area contributed by atoms with Gasteiger partial charge in [0.05, 0.1) is 0 Å². The Labute approximate surface area is 107 Å². The fourth-order valence-corrected chi connectivity index (χ4v) is 2.49. The van der Waals surface area contributed by atoms with Crippen molar-refractivity contribution in [2.75, 3.05) is 12.3 Å². The van der Waals surface area contributed by atoms with E-state index in [9.17, 15) is 0 Å². The minimum Gasteiger partial charge on any atom is -0.398 e. The van der Waals surface area contributed by atoms with Gasteiger partial charge in [0.15, 0.2) is 0 Å². The zero-order valence-electron chi connectivity index (χ0n) is 10.3. The zero-order chi connectivity index (χ0) is 12.4. The standard InChI is InChI=1S/C15H17N3/c16-15-6-3-4-12-10-18(11-14(12)15)9-7-13-5-1-2-8-17-13/h1-6,8H,7,9-11,16H2. The second-order valence-electron chi connectivity index (χ2n) is 4.77. The highest BCUT2D eigenvalue weighted by atomic mass is 15.1. The first-order valence-corrected chi connectivity index (χ1v) is 6.31. The molecule has 3 rings (SSSR count). The van der Waals surface area contributed by atoms with Crippen molar-refractivity contribution in [1.29, 1.82) is 0 Å². The molecule has 1 aromatic heterocycles. The van der Waals surface area contributed by atoms with Crippen LogP contribution in [0.3, 0.4) is 0 Å². The summed E-state index contributed by atoms with van der Waals surface area (Å²) in [5, 5.41) is 0. The van der Waals surface area contributed by atoms with E-state index in [0.29, 0.717) is 0 Å². The van der Waals surface area contributed by atoms with Gasteiger partial charge in [0.2, 0.25) is 0 Å². The molecule has 0 aliphatic carbocycles. The van der Waals surface area contributed by atoms with E-state index in [0.717, 1.165) is 37.4 Å². The Morgan fingerprint density at radius 2 is 2.06 bits per heavy atom. The second-order valence-corrected chi connectivity index (χ2v) is 4.77. The topological polar surface area (TPSA) is 42.1 Å². The van der Waals surface area contributed by atoms with Gasteiger partial charge in [0.25, 0.3) is 0 Å². The molecule has 3 nitrogen and oxygen atoms in total. The van der Waals surface area contributed by atoms with Crippen LogP contribution in [0.4, 0.5) is 5.69 Å². The molecule has 0 radical (unpaired) electrons. The maximum Gasteiger partial charge on any atom is 0.0416 e. The summed E-state index contributed by atoms with van der Waals surface area (Å²) in [6.45, 7) is 3.01. The molecule has 3 heteroatoms. The molecule has 0 saturated heterocycles. The molecule has 18 heavy (non-hydrogen) atoms. The molecule has 1 aromatic carbocycles. The number of hydrogen-bond acceptors (Lipinski definition) is 3. The number of anilines is 1. The van der Waals surface area contributed by atoms with Crippen molar-refractivity contribution in [3.05, 3.63) is 59.4 Å². The lowest BCUT2D eigenvalue weighted by Crippen LogP contribution is -2.19. The van der Waals surface area contributed by atoms with Gasteiger partial charge in [-0.1, -0.05) is 18.2 Å². The highest BCUT2D eigenvalue weighted by Gasteiger charge is 2.20. The van der Waals surface area contributed by atoms with Crippen molar-refractivity contribution >= 4 is 5.69 Å². The van der Waals surface area contributed by atoms with Crippen LogP contribution in [-0.4, -0.2) is 16.4 Å². The van der Waals surface area contributed by atoms with E-state index < -0.39 is 0 Å². The van der Waals surface area contributed by atoms with Crippen LogP contribution in [0.15, 0.2) is 42.6 Å². The van der Waals surface area contributed by atoms with Gasteiger partial charge in [-0.15, -0.1) is 0 Å². The number of benzene rings is 1. The van der Waals surface area contributed by atoms with Crippen molar-refractivity contribution in [2.45, 2.75) is 19.5 Å². The van der Waals surface area contributed by atoms with Crippen molar-refractivity contribution < 1.29 is 0 Å². The molecule has 0 atom stereocenters. The SMILES string of the molecule is Nc1cccc2c1CN(CCc1ccccn1)C2. The van der Waals surface area contributed by atoms with E-state index in [1.54, 1.807) is 0 Å². The average Bonchev–Trinajstić information content (AvgIpc) is 2.82. The number of nitrogens with zero attached hydrogens (tertiary/aromatic N) is 2. The van der Waals surface area contributed by atoms with Gasteiger partial charge in [-0.2, -0.15) is 0 Å². The summed E-state index contributed by atoms with van der Waals surface area (Å²) in [6, 6.07) is 12.3. The van der Waals surface area contributed by atoms with Crippen LogP contribution in [0.5, 0.6) is 0 Å². The third-order valence-electron chi connectivity index (χ3n) is 3.50. The second kappa shape index (κ2) is 4.78. The Balaban J connectivity index is 1.63. The molecule has 0 fully saturated rings. The molecule has 2 aromatic rings. The van der Waals surface area contributed by atoms with E-state index >= 15 is 0 Å². The van der Waals surface area contributed by atoms with E-state index in [4.69, 9.17) is 5.73 Å². The smallest absolute Gasteiger partial charge is 0.0416 e. The summed E-state index contributed by atoms with van der Waals surface area (Å²) in [4.78, 5) is 6.78. The van der Waals surface area contributed by atoms with Gasteiger partial charge in [-0.3, -0.25) is 9.88 Å². The van der Waals surface area contributed by atoms with Gasteiger partial charge in [-0.05, 0) is 29.3 Å². The minimum atomic E-state index is 0.924. The van der Waals surface area contributed by atoms with Crippen molar-refractivity contribution in [3.8, 4) is 0 Å². The summed E-state index contributed by atoms with van der Waals surface area (Å²) in [5.41, 5.74) is 10.8. The predicted octanol–water partition coefficient (Wildman–Crippen LogP) is 2.22.